The number of nitrogens with one attached hydrogen (secondary N) is 2. The molecule has 0 aliphatic heterocycles. The van der Waals surface area contributed by atoms with Crippen LogP contribution < -0.4 is 11.0 Å². The van der Waals surface area contributed by atoms with Gasteiger partial charge in [-0.15, -0.1) is 16.4 Å². The van der Waals surface area contributed by atoms with E-state index in [9.17, 15) is 4.79 Å². The molecule has 2 heterocycles. The normalized spacial score (nSPS) is 14.0. The Morgan fingerprint density at radius 2 is 2.17 bits per heavy atom. The zero-order chi connectivity index (χ0) is 16.5. The molecule has 24 heavy (non-hydrogen) atoms. The number of thioether (sulfide) groups is 1. The Bertz CT molecular complexity index is 892. The van der Waals surface area contributed by atoms with Gasteiger partial charge in [0.15, 0.2) is 10.3 Å². The lowest BCUT2D eigenvalue weighted by Crippen LogP contribution is -2.16. The monoisotopic (exact) mass is 359 g/mol. The van der Waals surface area contributed by atoms with Crippen molar-refractivity contribution in [3.63, 3.8) is 0 Å². The van der Waals surface area contributed by atoms with Crippen LogP contribution in [0.4, 0.5) is 10.8 Å². The van der Waals surface area contributed by atoms with E-state index in [1.54, 1.807) is 27.7 Å². The zero-order valence-electron chi connectivity index (χ0n) is 13.2. The van der Waals surface area contributed by atoms with Crippen LogP contribution in [0.1, 0.15) is 30.1 Å². The third-order valence-corrected chi connectivity index (χ3v) is 5.58. The molecular weight excluding hydrogens is 342 g/mol. The summed E-state index contributed by atoms with van der Waals surface area (Å²) in [6, 6.07) is 8.56. The highest BCUT2D eigenvalue weighted by Crippen LogP contribution is 2.36. The summed E-state index contributed by atoms with van der Waals surface area (Å²) >= 11 is 3.13. The average molecular weight is 359 g/mol. The van der Waals surface area contributed by atoms with E-state index in [1.807, 2.05) is 17.5 Å². The van der Waals surface area contributed by atoms with Gasteiger partial charge in [-0.1, -0.05) is 29.5 Å². The van der Waals surface area contributed by atoms with Crippen LogP contribution in [-0.4, -0.2) is 19.7 Å². The van der Waals surface area contributed by atoms with Crippen molar-refractivity contribution in [2.75, 3.05) is 5.32 Å². The molecule has 0 atom stereocenters. The third-order valence-electron chi connectivity index (χ3n) is 3.79. The van der Waals surface area contributed by atoms with Gasteiger partial charge in [-0.2, -0.15) is 0 Å². The fourth-order valence-corrected chi connectivity index (χ4v) is 4.12. The Balaban J connectivity index is 1.40. The standard InChI is InChI=1S/C16H17N5OS2/c1-10-2-4-11(5-3-10)17-14-18-12(8-23-14)9-24-16-20-19-15(22)21(16)13-6-7-13/h2-5,8,13H,6-7,9H2,1H3,(H,17,18)(H,19,22). The molecule has 2 N–H and O–H groups in total. The maximum absolute atomic E-state index is 11.8. The second kappa shape index (κ2) is 6.45. The van der Waals surface area contributed by atoms with Crippen LogP contribution in [0.5, 0.6) is 0 Å². The lowest BCUT2D eigenvalue weighted by molar-refractivity contribution is 0.642. The topological polar surface area (TPSA) is 75.6 Å². The van der Waals surface area contributed by atoms with Crippen molar-refractivity contribution in [1.82, 2.24) is 19.7 Å². The van der Waals surface area contributed by atoms with E-state index in [0.717, 1.165) is 34.5 Å². The molecule has 0 radical (unpaired) electrons. The van der Waals surface area contributed by atoms with Gasteiger partial charge < -0.3 is 5.32 Å². The Labute approximate surface area is 147 Å². The average Bonchev–Trinajstić information content (AvgIpc) is 3.20. The minimum absolute atomic E-state index is 0.111. The van der Waals surface area contributed by atoms with Gasteiger partial charge in [-0.3, -0.25) is 4.57 Å². The maximum atomic E-state index is 11.8. The Morgan fingerprint density at radius 3 is 2.92 bits per heavy atom. The summed E-state index contributed by atoms with van der Waals surface area (Å²) in [6.07, 6.45) is 2.13. The fourth-order valence-electron chi connectivity index (χ4n) is 2.38. The van der Waals surface area contributed by atoms with Crippen LogP contribution in [-0.2, 0) is 5.75 Å². The van der Waals surface area contributed by atoms with Crippen LogP contribution in [0.15, 0.2) is 39.6 Å². The molecule has 1 saturated carbocycles. The number of hydrogen-bond acceptors (Lipinski definition) is 6. The molecule has 8 heteroatoms. The van der Waals surface area contributed by atoms with E-state index >= 15 is 0 Å². The third kappa shape index (κ3) is 3.39. The van der Waals surface area contributed by atoms with Gasteiger partial charge in [0.05, 0.1) is 5.69 Å². The van der Waals surface area contributed by atoms with E-state index in [0.29, 0.717) is 11.8 Å². The Kier molecular flexibility index (Phi) is 4.15. The van der Waals surface area contributed by atoms with Crippen molar-refractivity contribution in [3.05, 3.63) is 51.4 Å². The lowest BCUT2D eigenvalue weighted by Gasteiger charge is -2.03. The molecular formula is C16H17N5OS2. The van der Waals surface area contributed by atoms with E-state index in [4.69, 9.17) is 0 Å². The van der Waals surface area contributed by atoms with Gasteiger partial charge in [0.25, 0.3) is 0 Å². The van der Waals surface area contributed by atoms with Crippen molar-refractivity contribution in [2.45, 2.75) is 36.7 Å². The SMILES string of the molecule is Cc1ccc(Nc2nc(CSc3n[nH]c(=O)n3C3CC3)cs2)cc1. The first-order valence-corrected chi connectivity index (χ1v) is 9.63. The number of aryl methyl sites for hydroxylation is 1. The fraction of sp³-hybridized carbons (Fsp3) is 0.312. The van der Waals surface area contributed by atoms with Crippen LogP contribution in [0.2, 0.25) is 0 Å². The molecule has 1 aromatic carbocycles. The minimum Gasteiger partial charge on any atom is -0.332 e. The van der Waals surface area contributed by atoms with Crippen LogP contribution in [0.25, 0.3) is 0 Å². The van der Waals surface area contributed by atoms with Crippen LogP contribution in [0.3, 0.4) is 0 Å². The number of aromatic amines is 1. The predicted molar refractivity (Wildman–Crippen MR) is 97.3 cm³/mol. The molecule has 1 fully saturated rings. The largest absolute Gasteiger partial charge is 0.344 e. The molecule has 2 aromatic heterocycles. The predicted octanol–water partition coefficient (Wildman–Crippen LogP) is 3.71. The maximum Gasteiger partial charge on any atom is 0.344 e. The van der Waals surface area contributed by atoms with Crippen molar-refractivity contribution in [1.29, 1.82) is 0 Å². The number of anilines is 2. The van der Waals surface area contributed by atoms with E-state index in [-0.39, 0.29) is 5.69 Å². The first-order chi connectivity index (χ1) is 11.7. The summed E-state index contributed by atoms with van der Waals surface area (Å²) in [5.74, 6) is 0.698. The second-order valence-electron chi connectivity index (χ2n) is 5.84. The Hall–Kier alpha value is -2.06. The summed E-state index contributed by atoms with van der Waals surface area (Å²) in [5.41, 5.74) is 3.14. The zero-order valence-corrected chi connectivity index (χ0v) is 14.8. The van der Waals surface area contributed by atoms with Gasteiger partial charge in [0.2, 0.25) is 0 Å². The molecule has 0 saturated heterocycles. The minimum atomic E-state index is -0.111. The van der Waals surface area contributed by atoms with Gasteiger partial charge >= 0.3 is 5.69 Å². The van der Waals surface area contributed by atoms with Crippen molar-refractivity contribution in [3.8, 4) is 0 Å². The molecule has 0 amide bonds. The number of benzene rings is 1. The number of H-pyrrole nitrogens is 1. The summed E-state index contributed by atoms with van der Waals surface area (Å²) < 4.78 is 1.77. The molecule has 6 nitrogen and oxygen atoms in total. The number of thiazole rings is 1. The molecule has 3 aromatic rings. The van der Waals surface area contributed by atoms with Gasteiger partial charge in [0, 0.05) is 22.9 Å². The lowest BCUT2D eigenvalue weighted by atomic mass is 10.2. The highest BCUT2D eigenvalue weighted by Gasteiger charge is 2.28. The van der Waals surface area contributed by atoms with Crippen molar-refractivity contribution < 1.29 is 0 Å². The first kappa shape index (κ1) is 15.5. The van der Waals surface area contributed by atoms with Crippen molar-refractivity contribution >= 4 is 33.9 Å². The summed E-state index contributed by atoms with van der Waals surface area (Å²) in [5, 5.41) is 13.6. The quantitative estimate of drug-likeness (QED) is 0.656. The second-order valence-corrected chi connectivity index (χ2v) is 7.64. The molecule has 0 bridgehead atoms. The number of aromatic nitrogens is 4. The Morgan fingerprint density at radius 1 is 1.38 bits per heavy atom. The number of nitrogens with zero attached hydrogens (tertiary/aromatic N) is 3. The number of hydrogen-bond donors (Lipinski definition) is 2. The van der Waals surface area contributed by atoms with Crippen LogP contribution in [0, 0.1) is 6.92 Å². The molecule has 0 spiro atoms. The molecule has 1 aliphatic rings. The van der Waals surface area contributed by atoms with E-state index in [2.05, 4.69) is 39.6 Å². The van der Waals surface area contributed by atoms with Gasteiger partial charge in [0.1, 0.15) is 0 Å². The highest BCUT2D eigenvalue weighted by atomic mass is 32.2. The summed E-state index contributed by atoms with van der Waals surface area (Å²) in [6.45, 7) is 2.07. The molecule has 124 valence electrons. The summed E-state index contributed by atoms with van der Waals surface area (Å²) in [7, 11) is 0. The van der Waals surface area contributed by atoms with Crippen molar-refractivity contribution in [2.24, 2.45) is 0 Å². The van der Waals surface area contributed by atoms with E-state index < -0.39 is 0 Å². The van der Waals surface area contributed by atoms with Gasteiger partial charge in [-0.25, -0.2) is 14.9 Å². The smallest absolute Gasteiger partial charge is 0.332 e. The molecule has 0 unspecified atom stereocenters. The van der Waals surface area contributed by atoms with E-state index in [1.165, 1.54) is 5.56 Å². The first-order valence-electron chi connectivity index (χ1n) is 7.77. The van der Waals surface area contributed by atoms with Crippen LogP contribution >= 0.6 is 23.1 Å². The summed E-state index contributed by atoms with van der Waals surface area (Å²) in [4.78, 5) is 16.4. The molecule has 4 rings (SSSR count). The van der Waals surface area contributed by atoms with Gasteiger partial charge in [-0.05, 0) is 31.9 Å². The highest BCUT2D eigenvalue weighted by molar-refractivity contribution is 7.98. The molecule has 1 aliphatic carbocycles. The number of rotatable bonds is 6.